The third kappa shape index (κ3) is 4.58. The molecule has 0 unspecified atom stereocenters. The molecule has 1 aromatic heterocycles. The quantitative estimate of drug-likeness (QED) is 0.137. The fourth-order valence-corrected chi connectivity index (χ4v) is 3.96. The summed E-state index contributed by atoms with van der Waals surface area (Å²) in [5, 5.41) is 13.3. The number of non-ortho nitro benzene ring substituents is 1. The van der Waals surface area contributed by atoms with E-state index in [1.165, 1.54) is 12.1 Å². The van der Waals surface area contributed by atoms with Gasteiger partial charge in [0, 0.05) is 12.1 Å². The maximum Gasteiger partial charge on any atom is 0.270 e. The Morgan fingerprint density at radius 2 is 1.68 bits per heavy atom. The zero-order chi connectivity index (χ0) is 26.1. The van der Waals surface area contributed by atoms with Gasteiger partial charge in [0.2, 0.25) is 0 Å². The number of hydrogen-bond donors (Lipinski definition) is 1. The fourth-order valence-electron chi connectivity index (χ4n) is 3.68. The first kappa shape index (κ1) is 23.6. The van der Waals surface area contributed by atoms with Crippen LogP contribution in [0.2, 0.25) is 0 Å². The van der Waals surface area contributed by atoms with Gasteiger partial charge in [-0.25, -0.2) is 0 Å². The molecule has 1 aliphatic heterocycles. The summed E-state index contributed by atoms with van der Waals surface area (Å²) < 4.78 is 11.2. The van der Waals surface area contributed by atoms with E-state index in [1.54, 1.807) is 36.4 Å². The van der Waals surface area contributed by atoms with E-state index >= 15 is 0 Å². The van der Waals surface area contributed by atoms with Crippen LogP contribution in [0.4, 0.5) is 11.4 Å². The standard InChI is InChI=1S/C26H15N3O7S/c30-23-15(14-35-22-11-8-17(29(33)34)13-20(22)23)12-21-24(31)27-26(37)28(25(21)32)16-6-9-19(10-7-16)36-18-4-2-1-3-5-18/h1-14H,(H,27,31,37)/b21-12+. The number of para-hydroxylation sites is 1. The lowest BCUT2D eigenvalue weighted by Crippen LogP contribution is -2.54. The Hall–Kier alpha value is -5.16. The molecule has 1 saturated heterocycles. The van der Waals surface area contributed by atoms with Gasteiger partial charge in [-0.2, -0.15) is 0 Å². The molecular formula is C26H15N3O7S. The van der Waals surface area contributed by atoms with E-state index < -0.39 is 22.2 Å². The number of nitrogens with zero attached hydrogens (tertiary/aromatic N) is 2. The molecule has 3 aromatic carbocycles. The number of nitro groups is 1. The van der Waals surface area contributed by atoms with Gasteiger partial charge in [0.05, 0.1) is 21.6 Å². The van der Waals surface area contributed by atoms with Crippen molar-refractivity contribution in [3.8, 4) is 11.5 Å². The Balaban J connectivity index is 1.48. The van der Waals surface area contributed by atoms with Gasteiger partial charge < -0.3 is 9.15 Å². The monoisotopic (exact) mass is 513 g/mol. The van der Waals surface area contributed by atoms with E-state index in [2.05, 4.69) is 5.32 Å². The molecule has 1 N–H and O–H groups in total. The number of anilines is 1. The summed E-state index contributed by atoms with van der Waals surface area (Å²) in [5.41, 5.74) is -0.950. The second-order valence-corrected chi connectivity index (χ2v) is 8.21. The van der Waals surface area contributed by atoms with Gasteiger partial charge in [0.15, 0.2) is 10.5 Å². The largest absolute Gasteiger partial charge is 0.463 e. The Bertz CT molecular complexity index is 1680. The highest BCUT2D eigenvalue weighted by Crippen LogP contribution is 2.27. The molecule has 0 spiro atoms. The van der Waals surface area contributed by atoms with Gasteiger partial charge in [-0.15, -0.1) is 0 Å². The lowest BCUT2D eigenvalue weighted by atomic mass is 10.1. The Labute approximate surface area is 213 Å². The molecule has 182 valence electrons. The minimum Gasteiger partial charge on any atom is -0.463 e. The van der Waals surface area contributed by atoms with Crippen LogP contribution in [0.5, 0.6) is 11.5 Å². The van der Waals surface area contributed by atoms with Crippen molar-refractivity contribution >= 4 is 57.6 Å². The van der Waals surface area contributed by atoms with Crippen LogP contribution in [0.1, 0.15) is 5.56 Å². The molecule has 10 nitrogen and oxygen atoms in total. The summed E-state index contributed by atoms with van der Waals surface area (Å²) in [6, 6.07) is 19.2. The SMILES string of the molecule is O=C1NC(=S)N(c2ccc(Oc3ccccc3)cc2)C(=O)/C1=C/c1coc2ccc([N+](=O)[O-])cc2c1=O. The summed E-state index contributed by atoms with van der Waals surface area (Å²) >= 11 is 5.22. The highest BCUT2D eigenvalue weighted by atomic mass is 32.1. The third-order valence-electron chi connectivity index (χ3n) is 5.47. The molecule has 37 heavy (non-hydrogen) atoms. The molecule has 1 fully saturated rings. The van der Waals surface area contributed by atoms with E-state index in [9.17, 15) is 24.5 Å². The molecule has 0 radical (unpaired) electrons. The smallest absolute Gasteiger partial charge is 0.270 e. The molecule has 0 atom stereocenters. The molecule has 2 heterocycles. The highest BCUT2D eigenvalue weighted by Gasteiger charge is 2.34. The summed E-state index contributed by atoms with van der Waals surface area (Å²) in [5.74, 6) is -0.400. The number of thiocarbonyl (C=S) groups is 1. The maximum absolute atomic E-state index is 13.3. The van der Waals surface area contributed by atoms with E-state index in [1.807, 2.05) is 18.2 Å². The van der Waals surface area contributed by atoms with Crippen LogP contribution in [0.3, 0.4) is 0 Å². The normalized spacial score (nSPS) is 14.6. The molecular weight excluding hydrogens is 498 g/mol. The van der Waals surface area contributed by atoms with Crippen LogP contribution in [0.25, 0.3) is 17.0 Å². The second kappa shape index (κ2) is 9.47. The number of carbonyl (C=O) groups is 2. The Morgan fingerprint density at radius 3 is 2.38 bits per heavy atom. The van der Waals surface area contributed by atoms with Gasteiger partial charge in [-0.05, 0) is 60.8 Å². The van der Waals surface area contributed by atoms with Crippen LogP contribution >= 0.6 is 12.2 Å². The number of amides is 2. The van der Waals surface area contributed by atoms with Crippen LogP contribution in [-0.2, 0) is 9.59 Å². The predicted molar refractivity (Wildman–Crippen MR) is 138 cm³/mol. The average Bonchev–Trinajstić information content (AvgIpc) is 2.89. The molecule has 4 aromatic rings. The van der Waals surface area contributed by atoms with Gasteiger partial charge in [-0.3, -0.25) is 34.7 Å². The van der Waals surface area contributed by atoms with E-state index in [-0.39, 0.29) is 32.9 Å². The Kier molecular flexibility index (Phi) is 6.04. The van der Waals surface area contributed by atoms with Gasteiger partial charge >= 0.3 is 0 Å². The number of nitrogens with one attached hydrogen (secondary N) is 1. The first-order chi connectivity index (χ1) is 17.8. The van der Waals surface area contributed by atoms with Crippen LogP contribution < -0.4 is 20.4 Å². The number of ether oxygens (including phenoxy) is 1. The maximum atomic E-state index is 13.3. The summed E-state index contributed by atoms with van der Waals surface area (Å²) in [7, 11) is 0. The molecule has 0 saturated carbocycles. The summed E-state index contributed by atoms with van der Waals surface area (Å²) in [4.78, 5) is 50.5. The zero-order valence-corrected chi connectivity index (χ0v) is 19.6. The fraction of sp³-hybridized carbons (Fsp3) is 0. The second-order valence-electron chi connectivity index (χ2n) is 7.82. The van der Waals surface area contributed by atoms with E-state index in [4.69, 9.17) is 21.4 Å². The van der Waals surface area contributed by atoms with E-state index in [0.29, 0.717) is 17.2 Å². The first-order valence-electron chi connectivity index (χ1n) is 10.8. The minimum absolute atomic E-state index is 0.0615. The summed E-state index contributed by atoms with van der Waals surface area (Å²) in [6.45, 7) is 0. The van der Waals surface area contributed by atoms with Crippen molar-refractivity contribution in [2.75, 3.05) is 4.90 Å². The molecule has 2 amide bonds. The number of carbonyl (C=O) groups excluding carboxylic acids is 2. The van der Waals surface area contributed by atoms with Gasteiger partial charge in [-0.1, -0.05) is 18.2 Å². The lowest BCUT2D eigenvalue weighted by molar-refractivity contribution is -0.384. The van der Waals surface area contributed by atoms with Crippen molar-refractivity contribution in [1.29, 1.82) is 0 Å². The average molecular weight is 513 g/mol. The van der Waals surface area contributed by atoms with Crippen molar-refractivity contribution in [1.82, 2.24) is 5.32 Å². The number of benzene rings is 3. The van der Waals surface area contributed by atoms with Crippen LogP contribution in [0.15, 0.2) is 93.8 Å². The number of nitro benzene ring substituents is 1. The summed E-state index contributed by atoms with van der Waals surface area (Å²) in [6.07, 6.45) is 2.15. The van der Waals surface area contributed by atoms with E-state index in [0.717, 1.165) is 23.3 Å². The minimum atomic E-state index is -0.797. The van der Waals surface area contributed by atoms with Gasteiger partial charge in [0.1, 0.15) is 28.9 Å². The molecule has 1 aliphatic rings. The van der Waals surface area contributed by atoms with Gasteiger partial charge in [0.25, 0.3) is 17.5 Å². The van der Waals surface area contributed by atoms with Crippen molar-refractivity contribution in [3.63, 3.8) is 0 Å². The molecule has 5 rings (SSSR count). The highest BCUT2D eigenvalue weighted by molar-refractivity contribution is 7.80. The lowest BCUT2D eigenvalue weighted by Gasteiger charge is -2.29. The number of rotatable bonds is 5. The molecule has 11 heteroatoms. The van der Waals surface area contributed by atoms with Crippen molar-refractivity contribution in [3.05, 3.63) is 111 Å². The predicted octanol–water partition coefficient (Wildman–Crippen LogP) is 4.32. The zero-order valence-electron chi connectivity index (χ0n) is 18.7. The number of hydrogen-bond acceptors (Lipinski definition) is 8. The van der Waals surface area contributed by atoms with Crippen molar-refractivity contribution in [2.24, 2.45) is 0 Å². The van der Waals surface area contributed by atoms with Crippen molar-refractivity contribution < 1.29 is 23.7 Å². The van der Waals surface area contributed by atoms with Crippen molar-refractivity contribution in [2.45, 2.75) is 0 Å². The Morgan fingerprint density at radius 1 is 0.973 bits per heavy atom. The first-order valence-corrected chi connectivity index (χ1v) is 11.2. The third-order valence-corrected chi connectivity index (χ3v) is 5.75. The topological polar surface area (TPSA) is 132 Å². The number of fused-ring (bicyclic) bond motifs is 1. The van der Waals surface area contributed by atoms with Crippen LogP contribution in [0, 0.1) is 10.1 Å². The molecule has 0 bridgehead atoms. The molecule has 0 aliphatic carbocycles. The van der Waals surface area contributed by atoms with Crippen LogP contribution in [-0.4, -0.2) is 21.9 Å².